The maximum atomic E-state index is 12.1. The summed E-state index contributed by atoms with van der Waals surface area (Å²) in [5, 5.41) is 9.21. The molecule has 2 heterocycles. The first kappa shape index (κ1) is 7.96. The molecule has 0 saturated heterocycles. The van der Waals surface area contributed by atoms with E-state index in [1.807, 2.05) is 0 Å². The highest BCUT2D eigenvalue weighted by atomic mass is 19.4. The summed E-state index contributed by atoms with van der Waals surface area (Å²) >= 11 is 0. The van der Waals surface area contributed by atoms with Gasteiger partial charge in [0.2, 0.25) is 5.65 Å². The molecule has 1 N–H and O–H groups in total. The van der Waals surface area contributed by atoms with Crippen LogP contribution in [0.25, 0.3) is 11.2 Å². The van der Waals surface area contributed by atoms with E-state index in [2.05, 4.69) is 20.4 Å². The van der Waals surface area contributed by atoms with E-state index in [0.717, 1.165) is 12.3 Å². The Balaban J connectivity index is 2.61. The monoisotopic (exact) mass is 188 g/mol. The molecule has 0 aliphatic heterocycles. The summed E-state index contributed by atoms with van der Waals surface area (Å²) in [5.41, 5.74) is -0.545. The van der Waals surface area contributed by atoms with Gasteiger partial charge in [-0.25, -0.2) is 4.98 Å². The number of alkyl halides is 3. The molecular weight excluding hydrogens is 185 g/mol. The second-order valence-corrected chi connectivity index (χ2v) is 2.39. The molecular formula is C6H3F3N4. The van der Waals surface area contributed by atoms with Crippen molar-refractivity contribution in [3.8, 4) is 0 Å². The number of hydrogen-bond acceptors (Lipinski definition) is 3. The van der Waals surface area contributed by atoms with Crippen LogP contribution in [0.5, 0.6) is 0 Å². The first-order valence-electron chi connectivity index (χ1n) is 3.31. The Kier molecular flexibility index (Phi) is 1.48. The minimum Gasteiger partial charge on any atom is -0.233 e. The lowest BCUT2D eigenvalue weighted by Crippen LogP contribution is -2.05. The molecule has 7 heteroatoms. The van der Waals surface area contributed by atoms with E-state index in [-0.39, 0.29) is 11.2 Å². The number of H-pyrrole nitrogens is 1. The maximum absolute atomic E-state index is 12.1. The second kappa shape index (κ2) is 2.41. The number of nitrogens with zero attached hydrogens (tertiary/aromatic N) is 3. The standard InChI is InChI=1S/C6H3F3N4/c7-6(8,9)3-1-4-5(10-2-3)12-13-11-4/h1-2H,(H,10,11,12,13). The second-order valence-electron chi connectivity index (χ2n) is 2.39. The quantitative estimate of drug-likeness (QED) is 0.679. The average Bonchev–Trinajstić information content (AvgIpc) is 2.47. The van der Waals surface area contributed by atoms with E-state index in [4.69, 9.17) is 0 Å². The zero-order valence-corrected chi connectivity index (χ0v) is 6.13. The van der Waals surface area contributed by atoms with Crippen LogP contribution >= 0.6 is 0 Å². The molecule has 2 aromatic heterocycles. The highest BCUT2D eigenvalue weighted by Gasteiger charge is 2.31. The number of nitrogens with one attached hydrogen (secondary N) is 1. The summed E-state index contributed by atoms with van der Waals surface area (Å²) in [7, 11) is 0. The molecule has 2 rings (SSSR count). The lowest BCUT2D eigenvalue weighted by molar-refractivity contribution is -0.137. The van der Waals surface area contributed by atoms with E-state index >= 15 is 0 Å². The third kappa shape index (κ3) is 1.32. The number of pyridine rings is 1. The van der Waals surface area contributed by atoms with Crippen LogP contribution < -0.4 is 0 Å². The summed E-state index contributed by atoms with van der Waals surface area (Å²) in [6.07, 6.45) is -3.66. The Bertz CT molecular complexity index is 433. The number of halogens is 3. The van der Waals surface area contributed by atoms with Crippen molar-refractivity contribution in [3.05, 3.63) is 17.8 Å². The van der Waals surface area contributed by atoms with Crippen molar-refractivity contribution in [1.29, 1.82) is 0 Å². The average molecular weight is 188 g/mol. The maximum Gasteiger partial charge on any atom is 0.417 e. The summed E-state index contributed by atoms with van der Waals surface area (Å²) in [5.74, 6) is 0. The van der Waals surface area contributed by atoms with Gasteiger partial charge in [0.15, 0.2) is 0 Å². The predicted molar refractivity (Wildman–Crippen MR) is 36.7 cm³/mol. The van der Waals surface area contributed by atoms with E-state index in [0.29, 0.717) is 0 Å². The fourth-order valence-electron chi connectivity index (χ4n) is 0.896. The first-order chi connectivity index (χ1) is 6.07. The zero-order chi connectivity index (χ0) is 9.47. The lowest BCUT2D eigenvalue weighted by atomic mass is 10.2. The summed E-state index contributed by atoms with van der Waals surface area (Å²) in [6, 6.07) is 0.895. The Morgan fingerprint density at radius 1 is 1.23 bits per heavy atom. The van der Waals surface area contributed by atoms with Crippen molar-refractivity contribution < 1.29 is 13.2 Å². The molecule has 0 atom stereocenters. The van der Waals surface area contributed by atoms with E-state index in [9.17, 15) is 13.2 Å². The molecule has 0 aliphatic rings. The molecule has 0 fully saturated rings. The van der Waals surface area contributed by atoms with Gasteiger partial charge in [-0.3, -0.25) is 0 Å². The van der Waals surface area contributed by atoms with Gasteiger partial charge in [0, 0.05) is 6.20 Å². The normalized spacial score (nSPS) is 12.2. The first-order valence-corrected chi connectivity index (χ1v) is 3.31. The summed E-state index contributed by atoms with van der Waals surface area (Å²) < 4.78 is 36.4. The van der Waals surface area contributed by atoms with E-state index in [1.54, 1.807) is 0 Å². The molecule has 0 aromatic carbocycles. The topological polar surface area (TPSA) is 54.5 Å². The van der Waals surface area contributed by atoms with E-state index in [1.165, 1.54) is 0 Å². The SMILES string of the molecule is FC(F)(F)c1cnc2n[nH]nc2c1. The molecule has 13 heavy (non-hydrogen) atoms. The van der Waals surface area contributed by atoms with Gasteiger partial charge in [-0.15, -0.1) is 5.10 Å². The van der Waals surface area contributed by atoms with Gasteiger partial charge in [-0.2, -0.15) is 23.5 Å². The van der Waals surface area contributed by atoms with Crippen LogP contribution in [-0.4, -0.2) is 20.4 Å². The van der Waals surface area contributed by atoms with Gasteiger partial charge in [0.1, 0.15) is 5.52 Å². The fourth-order valence-corrected chi connectivity index (χ4v) is 0.896. The third-order valence-corrected chi connectivity index (χ3v) is 1.50. The van der Waals surface area contributed by atoms with Gasteiger partial charge in [0.25, 0.3) is 0 Å². The van der Waals surface area contributed by atoms with Crippen molar-refractivity contribution in [2.24, 2.45) is 0 Å². The number of fused-ring (bicyclic) bond motifs is 1. The molecule has 0 unspecified atom stereocenters. The van der Waals surface area contributed by atoms with Gasteiger partial charge < -0.3 is 0 Å². The molecule has 0 amide bonds. The van der Waals surface area contributed by atoms with Crippen LogP contribution in [0.1, 0.15) is 5.56 Å². The van der Waals surface area contributed by atoms with Crippen molar-refractivity contribution >= 4 is 11.2 Å². The van der Waals surface area contributed by atoms with Crippen molar-refractivity contribution in [2.75, 3.05) is 0 Å². The largest absolute Gasteiger partial charge is 0.417 e. The van der Waals surface area contributed by atoms with Gasteiger partial charge in [0.05, 0.1) is 5.56 Å². The minimum atomic E-state index is -4.39. The highest BCUT2D eigenvalue weighted by molar-refractivity contribution is 5.69. The Morgan fingerprint density at radius 2 is 2.00 bits per heavy atom. The van der Waals surface area contributed by atoms with E-state index < -0.39 is 11.7 Å². The van der Waals surface area contributed by atoms with Crippen LogP contribution in [0.3, 0.4) is 0 Å². The molecule has 0 bridgehead atoms. The predicted octanol–water partition coefficient (Wildman–Crippen LogP) is 1.37. The summed E-state index contributed by atoms with van der Waals surface area (Å²) in [4.78, 5) is 3.48. The molecule has 4 nitrogen and oxygen atoms in total. The summed E-state index contributed by atoms with van der Waals surface area (Å²) in [6.45, 7) is 0. The van der Waals surface area contributed by atoms with Gasteiger partial charge >= 0.3 is 6.18 Å². The van der Waals surface area contributed by atoms with Crippen LogP contribution in [0.4, 0.5) is 13.2 Å². The highest BCUT2D eigenvalue weighted by Crippen LogP contribution is 2.29. The number of aromatic nitrogens is 4. The Labute approximate surface area is 69.8 Å². The van der Waals surface area contributed by atoms with Crippen LogP contribution in [0, 0.1) is 0 Å². The molecule has 0 radical (unpaired) electrons. The smallest absolute Gasteiger partial charge is 0.233 e. The van der Waals surface area contributed by atoms with Crippen LogP contribution in [0.15, 0.2) is 12.3 Å². The van der Waals surface area contributed by atoms with Crippen LogP contribution in [-0.2, 0) is 6.18 Å². The molecule has 0 spiro atoms. The zero-order valence-electron chi connectivity index (χ0n) is 6.13. The Morgan fingerprint density at radius 3 is 2.69 bits per heavy atom. The molecule has 0 aliphatic carbocycles. The lowest BCUT2D eigenvalue weighted by Gasteiger charge is -2.03. The van der Waals surface area contributed by atoms with Crippen molar-refractivity contribution in [3.63, 3.8) is 0 Å². The van der Waals surface area contributed by atoms with Gasteiger partial charge in [-0.1, -0.05) is 0 Å². The fraction of sp³-hybridized carbons (Fsp3) is 0.167. The number of hydrogen-bond donors (Lipinski definition) is 1. The number of aromatic amines is 1. The molecule has 0 saturated carbocycles. The molecule has 2 aromatic rings. The Hall–Kier alpha value is -1.66. The van der Waals surface area contributed by atoms with Crippen molar-refractivity contribution in [1.82, 2.24) is 20.4 Å². The van der Waals surface area contributed by atoms with Crippen molar-refractivity contribution in [2.45, 2.75) is 6.18 Å². The third-order valence-electron chi connectivity index (χ3n) is 1.50. The number of rotatable bonds is 0. The van der Waals surface area contributed by atoms with Gasteiger partial charge in [-0.05, 0) is 6.07 Å². The van der Waals surface area contributed by atoms with Crippen LogP contribution in [0.2, 0.25) is 0 Å². The molecule has 68 valence electrons. The minimum absolute atomic E-state index is 0.106.